The van der Waals surface area contributed by atoms with E-state index in [0.717, 1.165) is 37.3 Å². The Morgan fingerprint density at radius 2 is 1.50 bits per heavy atom. The third-order valence-corrected chi connectivity index (χ3v) is 7.64. The average Bonchev–Trinajstić information content (AvgIpc) is 3.69. The van der Waals surface area contributed by atoms with Crippen molar-refractivity contribution in [2.45, 2.75) is 44.2 Å². The van der Waals surface area contributed by atoms with E-state index in [2.05, 4.69) is 34.5 Å². The van der Waals surface area contributed by atoms with Gasteiger partial charge in [0.05, 0.1) is 5.56 Å². The smallest absolute Gasteiger partial charge is 0.335 e. The normalized spacial score (nSPS) is 20.2. The minimum Gasteiger partial charge on any atom is -0.478 e. The zero-order chi connectivity index (χ0) is 24.9. The van der Waals surface area contributed by atoms with E-state index in [0.29, 0.717) is 29.9 Å². The van der Waals surface area contributed by atoms with Crippen LogP contribution in [-0.2, 0) is 13.0 Å². The summed E-state index contributed by atoms with van der Waals surface area (Å²) in [6.45, 7) is 4.14. The first-order valence-electron chi connectivity index (χ1n) is 13.0. The molecule has 0 aromatic heterocycles. The van der Waals surface area contributed by atoms with Crippen LogP contribution >= 0.6 is 0 Å². The molecule has 3 aromatic carbocycles. The van der Waals surface area contributed by atoms with Gasteiger partial charge in [-0.3, -0.25) is 9.69 Å². The maximum absolute atomic E-state index is 12.4. The fourth-order valence-corrected chi connectivity index (χ4v) is 5.26. The Balaban J connectivity index is 1.02. The predicted molar refractivity (Wildman–Crippen MR) is 141 cm³/mol. The predicted octanol–water partition coefficient (Wildman–Crippen LogP) is 5.17. The molecule has 2 N–H and O–H groups in total. The van der Waals surface area contributed by atoms with Crippen molar-refractivity contribution in [3.63, 3.8) is 0 Å². The SMILES string of the molecule is O=C(O)c1ccc(CN2CCC(CN[C@@H]3C[C@H]3c3ccc(CC(=O)c4ccccc4)cc3)CC2)cc1. The number of hydrogen-bond acceptors (Lipinski definition) is 4. The number of likely N-dealkylation sites (tertiary alicyclic amines) is 1. The fourth-order valence-electron chi connectivity index (χ4n) is 5.26. The number of piperidine rings is 1. The van der Waals surface area contributed by atoms with E-state index in [1.165, 1.54) is 30.4 Å². The lowest BCUT2D eigenvalue weighted by Gasteiger charge is -2.32. The van der Waals surface area contributed by atoms with Crippen molar-refractivity contribution in [1.82, 2.24) is 10.2 Å². The van der Waals surface area contributed by atoms with Gasteiger partial charge >= 0.3 is 5.97 Å². The number of hydrogen-bond donors (Lipinski definition) is 2. The topological polar surface area (TPSA) is 69.6 Å². The van der Waals surface area contributed by atoms with E-state index in [1.807, 2.05) is 42.5 Å². The minimum atomic E-state index is -0.875. The van der Waals surface area contributed by atoms with Gasteiger partial charge < -0.3 is 10.4 Å². The van der Waals surface area contributed by atoms with Crippen molar-refractivity contribution >= 4 is 11.8 Å². The molecule has 1 saturated carbocycles. The molecule has 2 fully saturated rings. The van der Waals surface area contributed by atoms with Crippen molar-refractivity contribution < 1.29 is 14.7 Å². The lowest BCUT2D eigenvalue weighted by Crippen LogP contribution is -2.37. The standard InChI is InChI=1S/C31H34N2O3/c34-30(26-4-2-1-3-5-26)18-22-6-10-25(11-7-22)28-19-29(28)32-20-23-14-16-33(17-15-23)21-24-8-12-27(13-9-24)31(35)36/h1-13,23,28-29,32H,14-21H2,(H,35,36)/t28-,29+/m0/s1. The molecule has 3 aromatic rings. The molecule has 5 nitrogen and oxygen atoms in total. The van der Waals surface area contributed by atoms with E-state index in [-0.39, 0.29) is 5.78 Å². The summed E-state index contributed by atoms with van der Waals surface area (Å²) in [5.74, 6) is 0.581. The van der Waals surface area contributed by atoms with E-state index >= 15 is 0 Å². The molecule has 0 spiro atoms. The van der Waals surface area contributed by atoms with E-state index in [9.17, 15) is 9.59 Å². The summed E-state index contributed by atoms with van der Waals surface area (Å²) in [6.07, 6.45) is 4.03. The molecule has 1 aliphatic heterocycles. The summed E-state index contributed by atoms with van der Waals surface area (Å²) < 4.78 is 0. The second kappa shape index (κ2) is 11.2. The zero-order valence-electron chi connectivity index (χ0n) is 20.6. The Morgan fingerprint density at radius 1 is 0.833 bits per heavy atom. The molecule has 5 heteroatoms. The fraction of sp³-hybridized carbons (Fsp3) is 0.355. The van der Waals surface area contributed by atoms with Gasteiger partial charge in [0.25, 0.3) is 0 Å². The number of carbonyl (C=O) groups excluding carboxylic acids is 1. The maximum atomic E-state index is 12.4. The van der Waals surface area contributed by atoms with Crippen molar-refractivity contribution in [2.75, 3.05) is 19.6 Å². The largest absolute Gasteiger partial charge is 0.478 e. The Labute approximate surface area is 213 Å². The Kier molecular flexibility index (Phi) is 7.59. The molecular formula is C31H34N2O3. The molecule has 1 heterocycles. The number of carbonyl (C=O) groups is 2. The van der Waals surface area contributed by atoms with Gasteiger partial charge in [-0.2, -0.15) is 0 Å². The Hall–Kier alpha value is -3.28. The second-order valence-electron chi connectivity index (χ2n) is 10.3. The summed E-state index contributed by atoms with van der Waals surface area (Å²) in [4.78, 5) is 25.9. The van der Waals surface area contributed by atoms with Gasteiger partial charge in [0.1, 0.15) is 0 Å². The van der Waals surface area contributed by atoms with Crippen LogP contribution in [0.4, 0.5) is 0 Å². The summed E-state index contributed by atoms with van der Waals surface area (Å²) in [6, 6.07) is 25.9. The first kappa shape index (κ1) is 24.4. The van der Waals surface area contributed by atoms with Gasteiger partial charge in [0, 0.05) is 30.5 Å². The quantitative estimate of drug-likeness (QED) is 0.390. The first-order valence-corrected chi connectivity index (χ1v) is 13.0. The molecule has 5 rings (SSSR count). The van der Waals surface area contributed by atoms with Gasteiger partial charge in [0.15, 0.2) is 5.78 Å². The molecule has 2 aliphatic rings. The van der Waals surface area contributed by atoms with Crippen molar-refractivity contribution in [1.29, 1.82) is 0 Å². The van der Waals surface area contributed by atoms with Gasteiger partial charge in [-0.1, -0.05) is 66.7 Å². The number of carboxylic acid groups (broad SMARTS) is 1. The Morgan fingerprint density at radius 3 is 2.17 bits per heavy atom. The number of rotatable bonds is 10. The van der Waals surface area contributed by atoms with Crippen LogP contribution < -0.4 is 5.32 Å². The summed E-state index contributed by atoms with van der Waals surface area (Å²) >= 11 is 0. The van der Waals surface area contributed by atoms with Crippen LogP contribution in [0.1, 0.15) is 62.6 Å². The number of ketones is 1. The average molecular weight is 483 g/mol. The molecule has 1 aliphatic carbocycles. The lowest BCUT2D eigenvalue weighted by atomic mass is 9.96. The molecule has 1 saturated heterocycles. The van der Waals surface area contributed by atoms with Gasteiger partial charge in [-0.05, 0) is 73.6 Å². The number of Topliss-reactive ketones (excluding diaryl/α,β-unsaturated/α-hetero) is 1. The number of nitrogens with one attached hydrogen (secondary N) is 1. The van der Waals surface area contributed by atoms with E-state index in [4.69, 9.17) is 5.11 Å². The van der Waals surface area contributed by atoms with Gasteiger partial charge in [-0.25, -0.2) is 4.79 Å². The third kappa shape index (κ3) is 6.28. The van der Waals surface area contributed by atoms with Crippen molar-refractivity contribution in [3.05, 3.63) is 107 Å². The molecular weight excluding hydrogens is 448 g/mol. The first-order chi connectivity index (χ1) is 17.5. The van der Waals surface area contributed by atoms with Crippen LogP contribution in [0.25, 0.3) is 0 Å². The van der Waals surface area contributed by atoms with Crippen LogP contribution in [-0.4, -0.2) is 47.4 Å². The van der Waals surface area contributed by atoms with Gasteiger partial charge in [0.2, 0.25) is 0 Å². The Bertz CT molecular complexity index is 1170. The zero-order valence-corrected chi connectivity index (χ0v) is 20.6. The van der Waals surface area contributed by atoms with Crippen molar-refractivity contribution in [3.8, 4) is 0 Å². The molecule has 0 amide bonds. The highest BCUT2D eigenvalue weighted by Gasteiger charge is 2.38. The summed E-state index contributed by atoms with van der Waals surface area (Å²) in [5.41, 5.74) is 4.73. The number of aromatic carboxylic acids is 1. The maximum Gasteiger partial charge on any atom is 0.335 e. The minimum absolute atomic E-state index is 0.163. The molecule has 0 bridgehead atoms. The van der Waals surface area contributed by atoms with E-state index < -0.39 is 5.97 Å². The van der Waals surface area contributed by atoms with Crippen LogP contribution in [0, 0.1) is 5.92 Å². The second-order valence-corrected chi connectivity index (χ2v) is 10.3. The molecule has 2 atom stereocenters. The van der Waals surface area contributed by atoms with E-state index in [1.54, 1.807) is 12.1 Å². The monoisotopic (exact) mass is 482 g/mol. The molecule has 0 radical (unpaired) electrons. The van der Waals surface area contributed by atoms with Crippen LogP contribution in [0.2, 0.25) is 0 Å². The van der Waals surface area contributed by atoms with Crippen LogP contribution in [0.5, 0.6) is 0 Å². The molecule has 36 heavy (non-hydrogen) atoms. The van der Waals surface area contributed by atoms with Crippen molar-refractivity contribution in [2.24, 2.45) is 5.92 Å². The third-order valence-electron chi connectivity index (χ3n) is 7.64. The molecule has 0 unspecified atom stereocenters. The number of carboxylic acids is 1. The van der Waals surface area contributed by atoms with Crippen LogP contribution in [0.3, 0.4) is 0 Å². The summed E-state index contributed by atoms with van der Waals surface area (Å²) in [7, 11) is 0. The highest BCUT2D eigenvalue weighted by atomic mass is 16.4. The number of benzene rings is 3. The van der Waals surface area contributed by atoms with Crippen LogP contribution in [0.15, 0.2) is 78.9 Å². The van der Waals surface area contributed by atoms with Gasteiger partial charge in [-0.15, -0.1) is 0 Å². The summed E-state index contributed by atoms with van der Waals surface area (Å²) in [5, 5.41) is 12.8. The molecule has 186 valence electrons. The highest BCUT2D eigenvalue weighted by molar-refractivity contribution is 5.97. The highest BCUT2D eigenvalue weighted by Crippen LogP contribution is 2.41. The lowest BCUT2D eigenvalue weighted by molar-refractivity contribution is 0.0696. The number of nitrogens with zero attached hydrogens (tertiary/aromatic N) is 1.